The van der Waals surface area contributed by atoms with Crippen molar-refractivity contribution in [3.05, 3.63) is 82.2 Å². The molecule has 17 heteroatoms. The second kappa shape index (κ2) is 8.09. The normalized spacial score (nSPS) is 9.94. The Morgan fingerprint density at radius 3 is 1.48 bits per heavy atom. The summed E-state index contributed by atoms with van der Waals surface area (Å²) in [6.45, 7) is 0. The molecule has 0 atom stereocenters. The van der Waals surface area contributed by atoms with Gasteiger partial charge in [0.2, 0.25) is 11.9 Å². The molecule has 33 heavy (non-hydrogen) atoms. The predicted molar refractivity (Wildman–Crippen MR) is 107 cm³/mol. The van der Waals surface area contributed by atoms with Crippen molar-refractivity contribution in [3.8, 4) is 0 Å². The van der Waals surface area contributed by atoms with Crippen LogP contribution in [0.4, 0.5) is 23.3 Å². The molecule has 0 radical (unpaired) electrons. The molecule has 0 spiro atoms. The fraction of sp³-hybridized carbons (Fsp3) is 0.0625. The number of nitrogens with one attached hydrogen (secondary N) is 5. The molecule has 4 aromatic heterocycles. The van der Waals surface area contributed by atoms with Crippen LogP contribution in [0, 0.1) is 21.1 Å². The molecule has 0 unspecified atom stereocenters. The Kier molecular flexibility index (Phi) is 5.71. The molecule has 0 aliphatic rings. The van der Waals surface area contributed by atoms with E-state index >= 15 is 0 Å². The number of aromatic nitrogens is 9. The van der Waals surface area contributed by atoms with Gasteiger partial charge in [-0.3, -0.25) is 0 Å². The maximum Gasteiger partial charge on any atom is 0.231 e. The molecule has 0 saturated carbocycles. The topological polar surface area (TPSA) is 176 Å². The number of hydrogen-bond donors (Lipinski definition) is 5. The Hall–Kier alpha value is -7.75. The molecule has 0 saturated heterocycles. The largest absolute Gasteiger partial charge is 0.392 e. The van der Waals surface area contributed by atoms with E-state index in [4.69, 9.17) is 0 Å². The van der Waals surface area contributed by atoms with Crippen LogP contribution in [0.5, 0.6) is 0 Å². The first-order chi connectivity index (χ1) is 14.3. The van der Waals surface area contributed by atoms with Gasteiger partial charge in [-0.05, 0) is 5.56 Å². The number of hydrogen-bond acceptors (Lipinski definition) is 8. The van der Waals surface area contributed by atoms with E-state index in [2.05, 4.69) is 62.0 Å². The zero-order chi connectivity index (χ0) is 21.4. The zero-order valence-corrected chi connectivity index (χ0v) is 36.8. The van der Waals surface area contributed by atoms with Crippen LogP contribution in [0.3, 0.4) is 0 Å². The summed E-state index contributed by atoms with van der Waals surface area (Å²) in [5.41, 5.74) is -0.523. The molecular weight excluding hydrogens is 1200 g/mol. The molecule has 0 aromatic carbocycles. The number of anilines is 4. The van der Waals surface area contributed by atoms with Gasteiger partial charge in [0.05, 0.1) is 0 Å². The molecule has 0 amide bonds. The van der Waals surface area contributed by atoms with Crippen molar-refractivity contribution in [2.75, 3.05) is 10.6 Å². The first-order valence-corrected chi connectivity index (χ1v) is 8.43. The van der Waals surface area contributed by atoms with Gasteiger partial charge < -0.3 is 54.4 Å². The number of nitrogens with zero attached hydrogens (tertiary/aromatic N) is 6. The molecule has 5 N–H and O–H groups in total. The van der Waals surface area contributed by atoms with Crippen LogP contribution < -0.4 is 27.3 Å². The van der Waals surface area contributed by atoms with Crippen LogP contribution in [0.1, 0.15) is 11.4 Å². The molecule has 0 aliphatic carbocycles. The van der Waals surface area contributed by atoms with E-state index in [-0.39, 0.29) is 41.1 Å². The summed E-state index contributed by atoms with van der Waals surface area (Å²) in [7, 11) is 10.5. The third-order valence-corrected chi connectivity index (χ3v) is 4.12. The van der Waals surface area contributed by atoms with Gasteiger partial charge >= 0.3 is 0 Å². The van der Waals surface area contributed by atoms with Crippen LogP contribution in [0.15, 0.2) is 33.0 Å². The minimum Gasteiger partial charge on any atom is -0.392 e. The van der Waals surface area contributed by atoms with Crippen LogP contribution in [0.2, 0.25) is 0 Å². The van der Waals surface area contributed by atoms with E-state index < -0.39 is 11.1 Å². The Morgan fingerprint density at radius 2 is 1.12 bits per heavy atom. The van der Waals surface area contributed by atoms with Gasteiger partial charge in [-0.15, -0.1) is 0 Å². The average molecular weight is 1210 g/mol. The van der Waals surface area contributed by atoms with Crippen LogP contribution in [-0.2, 0) is 6.42 Å². The standard InChI is InChI=1S/C16H16N11O3.3Rf/c1-25-12(28)8(5-17-25)4-11-22-15(20-9-6-18-26(2)13(9)29)24-16(23-11)21-10-7-19-27(3)14(10)30;;;/h5-7,17-19H,1-4H2,(H2,20,21,22,23,24);;;/q-3;;;. The Balaban J connectivity index is 0.00000181. The van der Waals surface area contributed by atoms with Crippen molar-refractivity contribution < 1.29 is 0 Å². The molecule has 162 valence electrons. The first-order valence-electron chi connectivity index (χ1n) is 8.43. The van der Waals surface area contributed by atoms with Crippen LogP contribution in [-0.4, -0.2) is 44.3 Å². The van der Waals surface area contributed by atoms with Crippen molar-refractivity contribution in [2.45, 2.75) is 6.42 Å². The van der Waals surface area contributed by atoms with Crippen molar-refractivity contribution in [2.24, 2.45) is 0 Å². The smallest absolute Gasteiger partial charge is 0.231 e. The van der Waals surface area contributed by atoms with Crippen LogP contribution >= 0.6 is 0 Å². The summed E-state index contributed by atoms with van der Waals surface area (Å²) in [4.78, 5) is 48.8. The summed E-state index contributed by atoms with van der Waals surface area (Å²) in [5.74, 6) is 0.257. The maximum atomic E-state index is 12.1. The Bertz CT molecular complexity index is 1220. The second-order valence-corrected chi connectivity index (χ2v) is 6.20. The van der Waals surface area contributed by atoms with Crippen molar-refractivity contribution in [1.29, 1.82) is 0 Å². The van der Waals surface area contributed by atoms with Gasteiger partial charge in [0, 0.05) is 36.4 Å². The molecule has 0 fully saturated rings. The molecule has 0 bridgehead atoms. The van der Waals surface area contributed by atoms with E-state index in [0.29, 0.717) is 5.56 Å². The molecule has 4 heterocycles. The van der Waals surface area contributed by atoms with E-state index in [9.17, 15) is 14.4 Å². The minimum atomic E-state index is -0.428. The maximum absolute atomic E-state index is 12.1. The van der Waals surface area contributed by atoms with E-state index in [1.54, 1.807) is 0 Å². The van der Waals surface area contributed by atoms with Crippen molar-refractivity contribution >= 4 is 23.3 Å². The second-order valence-electron chi connectivity index (χ2n) is 6.20. The van der Waals surface area contributed by atoms with Crippen molar-refractivity contribution in [3.63, 3.8) is 0 Å². The van der Waals surface area contributed by atoms with Gasteiger partial charge in [0.1, 0.15) is 22.5 Å². The summed E-state index contributed by atoms with van der Waals surface area (Å²) in [6, 6.07) is 0. The van der Waals surface area contributed by atoms with E-state index in [0.717, 1.165) is 14.0 Å². The van der Waals surface area contributed by atoms with Gasteiger partial charge in [-0.2, -0.15) is 36.1 Å². The monoisotopic (exact) mass is 1210 g/mol. The summed E-state index contributed by atoms with van der Waals surface area (Å²) >= 11 is 0. The Morgan fingerprint density at radius 1 is 0.697 bits per heavy atom. The third kappa shape index (κ3) is 3.93. The summed E-state index contributed by atoms with van der Waals surface area (Å²) < 4.78 is 3.12. The van der Waals surface area contributed by atoms with Gasteiger partial charge in [-0.1, -0.05) is 0 Å². The molecule has 14 nitrogen and oxygen atoms in total. The molecule has 0 aliphatic heterocycles. The molecule has 4 aromatic rings. The van der Waals surface area contributed by atoms with Gasteiger partial charge in [0.25, 0.3) is 0 Å². The fourth-order valence-electron chi connectivity index (χ4n) is 2.59. The Labute approximate surface area is 167 Å². The predicted octanol–water partition coefficient (Wildman–Crippen LogP) is -0.662. The summed E-state index contributed by atoms with van der Waals surface area (Å²) in [6.07, 6.45) is 4.34. The third-order valence-electron chi connectivity index (χ3n) is 4.12. The number of rotatable bonds is 6. The minimum absolute atomic E-state index is 0. The first kappa shape index (κ1) is 23.3. The molecule has 4 rings (SSSR count). The fourth-order valence-corrected chi connectivity index (χ4v) is 2.59. The average Bonchev–Trinajstić information content (AvgIpc) is 3.32. The van der Waals surface area contributed by atoms with Gasteiger partial charge in [-0.25, -0.2) is 0 Å². The number of aromatic amines is 3. The SMILES string of the molecule is [CH2-]n1[nH]cc(Cc2nc(Nc3c[nH]n([CH2-])c3=O)nc(Nc3c[nH]n([CH2-])c3=O)n2)c1=O.[Rf].[Rf].[Rf]. The zero-order valence-electron chi connectivity index (χ0n) is 17.6. The van der Waals surface area contributed by atoms with Crippen LogP contribution in [0.25, 0.3) is 0 Å². The molecular formula is C16H16N11O3Rf3-3. The number of H-pyrrole nitrogens is 3. The van der Waals surface area contributed by atoms with E-state index in [1.807, 2.05) is 0 Å². The summed E-state index contributed by atoms with van der Waals surface area (Å²) in [5, 5.41) is 13.4. The van der Waals surface area contributed by atoms with E-state index in [1.165, 1.54) is 18.6 Å². The van der Waals surface area contributed by atoms with Crippen molar-refractivity contribution in [1.82, 2.24) is 44.3 Å². The quantitative estimate of drug-likeness (QED) is 0.158. The van der Waals surface area contributed by atoms with Gasteiger partial charge in [0.15, 0.2) is 0 Å².